The summed E-state index contributed by atoms with van der Waals surface area (Å²) >= 11 is 0. The molecule has 1 aromatic rings. The number of hydrogen-bond donors (Lipinski definition) is 0. The molecule has 1 amide bonds. The van der Waals surface area contributed by atoms with E-state index in [1.165, 1.54) is 10.6 Å². The van der Waals surface area contributed by atoms with Gasteiger partial charge in [-0.3, -0.25) is 9.10 Å². The Kier molecular flexibility index (Phi) is 5.44. The summed E-state index contributed by atoms with van der Waals surface area (Å²) in [6, 6.07) is 4.50. The molecule has 154 valence electrons. The Morgan fingerprint density at radius 3 is 2.50 bits per heavy atom. The number of piperidine rings is 1. The fourth-order valence-electron chi connectivity index (χ4n) is 3.80. The van der Waals surface area contributed by atoms with Crippen LogP contribution in [-0.4, -0.2) is 56.2 Å². The SMILES string of the molecule is CC(C)(C)OC(=O)C1CCCCN1C(=O)c1ccc2c(c1)CCN2S(C)(=O)=O. The number of anilines is 1. The zero-order valence-electron chi connectivity index (χ0n) is 16.9. The van der Waals surface area contributed by atoms with Crippen LogP contribution in [0.25, 0.3) is 0 Å². The molecule has 0 saturated carbocycles. The highest BCUT2D eigenvalue weighted by Gasteiger charge is 2.36. The van der Waals surface area contributed by atoms with Gasteiger partial charge < -0.3 is 9.64 Å². The molecule has 0 aromatic heterocycles. The van der Waals surface area contributed by atoms with E-state index in [1.807, 2.05) is 20.8 Å². The molecule has 1 fully saturated rings. The molecule has 1 saturated heterocycles. The van der Waals surface area contributed by atoms with Crippen molar-refractivity contribution in [2.24, 2.45) is 0 Å². The molecule has 2 aliphatic rings. The van der Waals surface area contributed by atoms with Gasteiger partial charge in [0.25, 0.3) is 5.91 Å². The van der Waals surface area contributed by atoms with E-state index >= 15 is 0 Å². The van der Waals surface area contributed by atoms with E-state index in [0.717, 1.165) is 18.4 Å². The molecule has 0 spiro atoms. The largest absolute Gasteiger partial charge is 0.458 e. The molecular formula is C20H28N2O5S. The summed E-state index contributed by atoms with van der Waals surface area (Å²) in [5.41, 5.74) is 1.33. The average Bonchev–Trinajstić information content (AvgIpc) is 3.03. The predicted molar refractivity (Wildman–Crippen MR) is 107 cm³/mol. The molecule has 1 aromatic carbocycles. The second kappa shape index (κ2) is 7.39. The third kappa shape index (κ3) is 4.32. The Balaban J connectivity index is 1.83. The van der Waals surface area contributed by atoms with Crippen molar-refractivity contribution in [3.8, 4) is 0 Å². The molecule has 2 heterocycles. The Morgan fingerprint density at radius 1 is 1.14 bits per heavy atom. The Hall–Kier alpha value is -2.09. The minimum absolute atomic E-state index is 0.212. The number of carbonyl (C=O) groups is 2. The van der Waals surface area contributed by atoms with E-state index in [1.54, 1.807) is 23.1 Å². The summed E-state index contributed by atoms with van der Waals surface area (Å²) in [4.78, 5) is 27.4. The van der Waals surface area contributed by atoms with Crippen LogP contribution in [0.5, 0.6) is 0 Å². The summed E-state index contributed by atoms with van der Waals surface area (Å²) in [7, 11) is -3.33. The number of amides is 1. The zero-order valence-corrected chi connectivity index (χ0v) is 17.7. The van der Waals surface area contributed by atoms with Gasteiger partial charge in [0.15, 0.2) is 0 Å². The van der Waals surface area contributed by atoms with Crippen molar-refractivity contribution in [2.75, 3.05) is 23.7 Å². The van der Waals surface area contributed by atoms with E-state index in [-0.39, 0.29) is 11.9 Å². The molecule has 1 atom stereocenters. The van der Waals surface area contributed by atoms with E-state index in [0.29, 0.717) is 37.2 Å². The number of hydrogen-bond acceptors (Lipinski definition) is 5. The highest BCUT2D eigenvalue weighted by atomic mass is 32.2. The average molecular weight is 409 g/mol. The Bertz CT molecular complexity index is 888. The molecule has 7 nitrogen and oxygen atoms in total. The zero-order chi connectivity index (χ0) is 20.7. The van der Waals surface area contributed by atoms with Crippen molar-refractivity contribution in [3.05, 3.63) is 29.3 Å². The molecule has 0 radical (unpaired) electrons. The summed E-state index contributed by atoms with van der Waals surface area (Å²) < 4.78 is 30.7. The highest BCUT2D eigenvalue weighted by Crippen LogP contribution is 2.32. The van der Waals surface area contributed by atoms with Crippen LogP contribution in [0, 0.1) is 0 Å². The molecule has 1 unspecified atom stereocenters. The Morgan fingerprint density at radius 2 is 1.86 bits per heavy atom. The van der Waals surface area contributed by atoms with E-state index < -0.39 is 21.7 Å². The smallest absolute Gasteiger partial charge is 0.329 e. The normalized spacial score (nSPS) is 20.1. The van der Waals surface area contributed by atoms with Crippen LogP contribution in [0.4, 0.5) is 5.69 Å². The van der Waals surface area contributed by atoms with Gasteiger partial charge in [0.2, 0.25) is 10.0 Å². The fraction of sp³-hybridized carbons (Fsp3) is 0.600. The first-order valence-electron chi connectivity index (χ1n) is 9.62. The van der Waals surface area contributed by atoms with Gasteiger partial charge in [0.1, 0.15) is 11.6 Å². The Labute approximate surface area is 166 Å². The molecular weight excluding hydrogens is 380 g/mol. The lowest BCUT2D eigenvalue weighted by Gasteiger charge is -2.35. The predicted octanol–water partition coefficient (Wildman–Crippen LogP) is 2.35. The van der Waals surface area contributed by atoms with Crippen LogP contribution in [0.3, 0.4) is 0 Å². The van der Waals surface area contributed by atoms with Crippen LogP contribution in [0.15, 0.2) is 18.2 Å². The lowest BCUT2D eigenvalue weighted by atomic mass is 9.99. The quantitative estimate of drug-likeness (QED) is 0.717. The van der Waals surface area contributed by atoms with E-state index in [9.17, 15) is 18.0 Å². The number of nitrogens with zero attached hydrogens (tertiary/aromatic N) is 2. The van der Waals surface area contributed by atoms with Gasteiger partial charge in [-0.05, 0) is 70.2 Å². The van der Waals surface area contributed by atoms with Crippen molar-refractivity contribution in [3.63, 3.8) is 0 Å². The number of rotatable bonds is 3. The molecule has 0 aliphatic carbocycles. The molecule has 2 aliphatic heterocycles. The van der Waals surface area contributed by atoms with Crippen LogP contribution in [0.2, 0.25) is 0 Å². The summed E-state index contributed by atoms with van der Waals surface area (Å²) in [6.07, 6.45) is 4.06. The highest BCUT2D eigenvalue weighted by molar-refractivity contribution is 7.92. The van der Waals surface area contributed by atoms with Gasteiger partial charge in [-0.25, -0.2) is 13.2 Å². The number of fused-ring (bicyclic) bond motifs is 1. The first-order chi connectivity index (χ1) is 13.0. The monoisotopic (exact) mass is 408 g/mol. The van der Waals surface area contributed by atoms with Gasteiger partial charge in [-0.2, -0.15) is 0 Å². The first-order valence-corrected chi connectivity index (χ1v) is 11.5. The minimum atomic E-state index is -3.33. The van der Waals surface area contributed by atoms with Crippen LogP contribution < -0.4 is 4.31 Å². The number of benzene rings is 1. The topological polar surface area (TPSA) is 84.0 Å². The fourth-order valence-corrected chi connectivity index (χ4v) is 4.76. The maximum atomic E-state index is 13.1. The third-order valence-corrected chi connectivity index (χ3v) is 6.20. The van der Waals surface area contributed by atoms with Crippen molar-refractivity contribution < 1.29 is 22.7 Å². The van der Waals surface area contributed by atoms with Crippen molar-refractivity contribution in [2.45, 2.75) is 58.1 Å². The van der Waals surface area contributed by atoms with Crippen molar-refractivity contribution in [1.29, 1.82) is 0 Å². The first kappa shape index (κ1) is 20.6. The molecule has 8 heteroatoms. The summed E-state index contributed by atoms with van der Waals surface area (Å²) in [6.45, 7) is 6.33. The maximum absolute atomic E-state index is 13.1. The van der Waals surface area contributed by atoms with Crippen LogP contribution in [-0.2, 0) is 26.0 Å². The second-order valence-corrected chi connectivity index (χ2v) is 10.4. The second-order valence-electron chi connectivity index (χ2n) is 8.47. The van der Waals surface area contributed by atoms with Gasteiger partial charge in [-0.15, -0.1) is 0 Å². The van der Waals surface area contributed by atoms with Gasteiger partial charge in [0.05, 0.1) is 11.9 Å². The summed E-state index contributed by atoms with van der Waals surface area (Å²) in [5, 5.41) is 0. The van der Waals surface area contributed by atoms with Gasteiger partial charge in [0, 0.05) is 18.7 Å². The molecule has 0 N–H and O–H groups in total. The van der Waals surface area contributed by atoms with Crippen LogP contribution in [0.1, 0.15) is 56.0 Å². The van der Waals surface area contributed by atoms with Crippen molar-refractivity contribution in [1.82, 2.24) is 4.90 Å². The number of sulfonamides is 1. The number of ether oxygens (including phenoxy) is 1. The number of likely N-dealkylation sites (tertiary alicyclic amines) is 1. The molecule has 28 heavy (non-hydrogen) atoms. The number of carbonyl (C=O) groups excluding carboxylic acids is 2. The van der Waals surface area contributed by atoms with E-state index in [2.05, 4.69) is 0 Å². The standard InChI is InChI=1S/C20H28N2O5S/c1-20(2,3)27-19(24)17-7-5-6-11-21(17)18(23)15-8-9-16-14(13-15)10-12-22(16)28(4,25)26/h8-9,13,17H,5-7,10-12H2,1-4H3. The van der Waals surface area contributed by atoms with Gasteiger partial charge >= 0.3 is 5.97 Å². The van der Waals surface area contributed by atoms with E-state index in [4.69, 9.17) is 4.74 Å². The third-order valence-electron chi connectivity index (χ3n) is 5.02. The lowest BCUT2D eigenvalue weighted by Crippen LogP contribution is -2.50. The molecule has 0 bridgehead atoms. The minimum Gasteiger partial charge on any atom is -0.458 e. The maximum Gasteiger partial charge on any atom is 0.329 e. The summed E-state index contributed by atoms with van der Waals surface area (Å²) in [5.74, 6) is -0.582. The van der Waals surface area contributed by atoms with Crippen LogP contribution >= 0.6 is 0 Å². The van der Waals surface area contributed by atoms with Crippen molar-refractivity contribution >= 4 is 27.6 Å². The van der Waals surface area contributed by atoms with Gasteiger partial charge in [-0.1, -0.05) is 0 Å². The lowest BCUT2D eigenvalue weighted by molar-refractivity contribution is -0.161. The molecule has 3 rings (SSSR count). The number of esters is 1.